The molecule has 44 heavy (non-hydrogen) atoms. The van der Waals surface area contributed by atoms with E-state index in [1.54, 1.807) is 0 Å². The molecule has 4 heteroatoms. The molecule has 5 aliphatic carbocycles. The van der Waals surface area contributed by atoms with Gasteiger partial charge in [-0.1, -0.05) is 84.5 Å². The number of carbonyl (C=O) groups is 1. The summed E-state index contributed by atoms with van der Waals surface area (Å²) < 4.78 is 6.03. The van der Waals surface area contributed by atoms with Gasteiger partial charge in [-0.05, 0) is 137 Å². The van der Waals surface area contributed by atoms with Crippen molar-refractivity contribution in [3.8, 4) is 0 Å². The standard InChI is InChI=1S/C40H70O4/c1-3-4-6-9-31-14-20-34(21-15-31)36-24-26-38(27-25-36)40(41)42-29-39(37-10-7-5-8-11-37)44-43-28-32-16-22-35(23-17-32)33-18-12-30(2)13-19-33/h30-39H,3-29H2,1-2H3. The molecule has 0 N–H and O–H groups in total. The van der Waals surface area contributed by atoms with Gasteiger partial charge < -0.3 is 4.74 Å². The normalized spacial score (nSPS) is 36.5. The van der Waals surface area contributed by atoms with Crippen LogP contribution in [-0.4, -0.2) is 25.3 Å². The number of unbranched alkanes of at least 4 members (excludes halogenated alkanes) is 2. The first-order chi connectivity index (χ1) is 21.6. The number of hydrogen-bond acceptors (Lipinski definition) is 4. The summed E-state index contributed by atoms with van der Waals surface area (Å²) in [5.74, 6) is 6.78. The fraction of sp³-hybridized carbons (Fsp3) is 0.975. The van der Waals surface area contributed by atoms with Gasteiger partial charge >= 0.3 is 5.97 Å². The number of ether oxygens (including phenoxy) is 1. The van der Waals surface area contributed by atoms with Crippen LogP contribution in [0.4, 0.5) is 0 Å². The summed E-state index contributed by atoms with van der Waals surface area (Å²) in [5.41, 5.74) is 0. The molecule has 1 unspecified atom stereocenters. The van der Waals surface area contributed by atoms with Crippen LogP contribution in [0.1, 0.15) is 174 Å². The topological polar surface area (TPSA) is 44.8 Å². The quantitative estimate of drug-likeness (QED) is 0.0845. The van der Waals surface area contributed by atoms with Gasteiger partial charge in [0, 0.05) is 0 Å². The lowest BCUT2D eigenvalue weighted by atomic mass is 9.68. The fourth-order valence-corrected chi connectivity index (χ4v) is 10.3. The second-order valence-electron chi connectivity index (χ2n) is 16.6. The maximum absolute atomic E-state index is 13.2. The summed E-state index contributed by atoms with van der Waals surface area (Å²) in [6, 6.07) is 0. The summed E-state index contributed by atoms with van der Waals surface area (Å²) in [6.07, 6.45) is 33.0. The zero-order chi connectivity index (χ0) is 30.6. The van der Waals surface area contributed by atoms with E-state index in [1.165, 1.54) is 148 Å². The van der Waals surface area contributed by atoms with E-state index >= 15 is 0 Å². The lowest BCUT2D eigenvalue weighted by Crippen LogP contribution is -2.35. The Kier molecular flexibility index (Phi) is 14.7. The van der Waals surface area contributed by atoms with Gasteiger partial charge in [0.15, 0.2) is 0 Å². The van der Waals surface area contributed by atoms with Gasteiger partial charge in [-0.3, -0.25) is 4.79 Å². The molecule has 0 aromatic heterocycles. The van der Waals surface area contributed by atoms with Crippen molar-refractivity contribution in [2.24, 2.45) is 53.3 Å². The van der Waals surface area contributed by atoms with Crippen molar-refractivity contribution >= 4 is 5.97 Å². The Morgan fingerprint density at radius 1 is 0.636 bits per heavy atom. The lowest BCUT2D eigenvalue weighted by Gasteiger charge is -2.37. The number of rotatable bonds is 14. The van der Waals surface area contributed by atoms with Crippen molar-refractivity contribution in [3.05, 3.63) is 0 Å². The molecule has 0 spiro atoms. The molecular weight excluding hydrogens is 544 g/mol. The minimum Gasteiger partial charge on any atom is -0.463 e. The molecule has 1 atom stereocenters. The smallest absolute Gasteiger partial charge is 0.309 e. The number of carbonyl (C=O) groups excluding carboxylic acids is 1. The van der Waals surface area contributed by atoms with Gasteiger partial charge in [0.25, 0.3) is 0 Å². The average molecular weight is 615 g/mol. The van der Waals surface area contributed by atoms with Crippen LogP contribution < -0.4 is 0 Å². The molecule has 0 aromatic rings. The monoisotopic (exact) mass is 615 g/mol. The van der Waals surface area contributed by atoms with Crippen LogP contribution in [0.5, 0.6) is 0 Å². The predicted octanol–water partition coefficient (Wildman–Crippen LogP) is 11.3. The molecule has 0 saturated heterocycles. The van der Waals surface area contributed by atoms with Crippen LogP contribution in [-0.2, 0) is 19.3 Å². The highest BCUT2D eigenvalue weighted by atomic mass is 17.2. The average Bonchev–Trinajstić information content (AvgIpc) is 3.08. The third-order valence-corrected chi connectivity index (χ3v) is 13.6. The van der Waals surface area contributed by atoms with Crippen molar-refractivity contribution in [1.82, 2.24) is 0 Å². The minimum atomic E-state index is -0.108. The Hall–Kier alpha value is -0.610. The van der Waals surface area contributed by atoms with E-state index in [-0.39, 0.29) is 18.0 Å². The van der Waals surface area contributed by atoms with Crippen molar-refractivity contribution in [3.63, 3.8) is 0 Å². The van der Waals surface area contributed by atoms with E-state index in [4.69, 9.17) is 14.5 Å². The van der Waals surface area contributed by atoms with Crippen LogP contribution >= 0.6 is 0 Å². The summed E-state index contributed by atoms with van der Waals surface area (Å²) >= 11 is 0. The zero-order valence-corrected chi connectivity index (χ0v) is 29.0. The Bertz CT molecular complexity index is 775. The molecular formula is C40H70O4. The SMILES string of the molecule is CCCCCC1CCC(C2CCC(C(=O)OCC(OOCC3CCC(C4CCC(C)CC4)CC3)C3CCCCC3)CC2)CC1. The summed E-state index contributed by atoms with van der Waals surface area (Å²) in [5, 5.41) is 0. The third kappa shape index (κ3) is 10.7. The predicted molar refractivity (Wildman–Crippen MR) is 180 cm³/mol. The van der Waals surface area contributed by atoms with E-state index in [0.29, 0.717) is 25.0 Å². The Morgan fingerprint density at radius 3 is 1.77 bits per heavy atom. The van der Waals surface area contributed by atoms with Gasteiger partial charge in [0.05, 0.1) is 12.5 Å². The first kappa shape index (κ1) is 34.7. The molecule has 0 bridgehead atoms. The maximum Gasteiger partial charge on any atom is 0.309 e. The van der Waals surface area contributed by atoms with Crippen molar-refractivity contribution in [1.29, 1.82) is 0 Å². The van der Waals surface area contributed by atoms with Gasteiger partial charge in [-0.25, -0.2) is 9.78 Å². The van der Waals surface area contributed by atoms with Crippen molar-refractivity contribution < 1.29 is 19.3 Å². The van der Waals surface area contributed by atoms with E-state index in [0.717, 1.165) is 48.3 Å². The van der Waals surface area contributed by atoms with Crippen LogP contribution in [0.25, 0.3) is 0 Å². The van der Waals surface area contributed by atoms with E-state index in [2.05, 4.69) is 13.8 Å². The van der Waals surface area contributed by atoms with E-state index in [9.17, 15) is 4.79 Å². The molecule has 4 nitrogen and oxygen atoms in total. The van der Waals surface area contributed by atoms with Crippen molar-refractivity contribution in [2.45, 2.75) is 180 Å². The van der Waals surface area contributed by atoms with Gasteiger partial charge in [-0.15, -0.1) is 0 Å². The highest BCUT2D eigenvalue weighted by Crippen LogP contribution is 2.43. The third-order valence-electron chi connectivity index (χ3n) is 13.6. The Balaban J connectivity index is 0.984. The molecule has 254 valence electrons. The van der Waals surface area contributed by atoms with E-state index in [1.807, 2.05) is 0 Å². The van der Waals surface area contributed by atoms with Crippen LogP contribution in [0.2, 0.25) is 0 Å². The van der Waals surface area contributed by atoms with Gasteiger partial charge in [0.2, 0.25) is 0 Å². The summed E-state index contributed by atoms with van der Waals surface area (Å²) in [7, 11) is 0. The molecule has 0 radical (unpaired) electrons. The first-order valence-electron chi connectivity index (χ1n) is 20.0. The summed E-state index contributed by atoms with van der Waals surface area (Å²) in [6.45, 7) is 5.82. The lowest BCUT2D eigenvalue weighted by molar-refractivity contribution is -0.346. The Morgan fingerprint density at radius 2 is 1.18 bits per heavy atom. The molecule has 0 amide bonds. The van der Waals surface area contributed by atoms with Crippen LogP contribution in [0, 0.1) is 53.3 Å². The molecule has 0 heterocycles. The molecule has 0 aromatic carbocycles. The van der Waals surface area contributed by atoms with Gasteiger partial charge in [-0.2, -0.15) is 0 Å². The molecule has 5 rings (SSSR count). The second-order valence-corrected chi connectivity index (χ2v) is 16.6. The highest BCUT2D eigenvalue weighted by Gasteiger charge is 2.35. The first-order valence-corrected chi connectivity index (χ1v) is 20.0. The van der Waals surface area contributed by atoms with Crippen molar-refractivity contribution in [2.75, 3.05) is 13.2 Å². The molecule has 0 aliphatic heterocycles. The maximum atomic E-state index is 13.2. The molecule has 5 fully saturated rings. The van der Waals surface area contributed by atoms with Gasteiger partial charge in [0.1, 0.15) is 12.7 Å². The minimum absolute atomic E-state index is 0.0305. The molecule has 5 saturated carbocycles. The number of hydrogen-bond donors (Lipinski definition) is 0. The fourth-order valence-electron chi connectivity index (χ4n) is 10.3. The largest absolute Gasteiger partial charge is 0.463 e. The number of esters is 1. The van der Waals surface area contributed by atoms with Crippen LogP contribution in [0.15, 0.2) is 0 Å². The highest BCUT2D eigenvalue weighted by molar-refractivity contribution is 5.72. The second kappa shape index (κ2) is 18.7. The van der Waals surface area contributed by atoms with E-state index < -0.39 is 0 Å². The Labute approximate surface area is 271 Å². The zero-order valence-electron chi connectivity index (χ0n) is 29.0. The van der Waals surface area contributed by atoms with Crippen LogP contribution in [0.3, 0.4) is 0 Å². The molecule has 5 aliphatic rings. The summed E-state index contributed by atoms with van der Waals surface area (Å²) in [4.78, 5) is 25.3.